The highest BCUT2D eigenvalue weighted by Gasteiger charge is 2.08. The molecule has 0 unspecified atom stereocenters. The number of aromatic hydroxyl groups is 1. The smallest absolute Gasteiger partial charge is 0.162 e. The van der Waals surface area contributed by atoms with Crippen LogP contribution in [0.2, 0.25) is 0 Å². The number of anilines is 1. The first kappa shape index (κ1) is 16.5. The van der Waals surface area contributed by atoms with E-state index in [0.29, 0.717) is 5.75 Å². The summed E-state index contributed by atoms with van der Waals surface area (Å²) in [6, 6.07) is 13.8. The second-order valence-corrected chi connectivity index (χ2v) is 6.18. The average Bonchev–Trinajstić information content (AvgIpc) is 2.54. The SMILES string of the molecule is COc1cc(N(C)Sc2ccc(CCCN)cc2)ccc1O. The van der Waals surface area contributed by atoms with E-state index >= 15 is 0 Å². The first-order valence-electron chi connectivity index (χ1n) is 7.21. The fourth-order valence-corrected chi connectivity index (χ4v) is 2.89. The van der Waals surface area contributed by atoms with E-state index in [1.165, 1.54) is 5.56 Å². The van der Waals surface area contributed by atoms with Crippen LogP contribution < -0.4 is 14.8 Å². The van der Waals surface area contributed by atoms with Gasteiger partial charge in [-0.05, 0) is 61.2 Å². The Morgan fingerprint density at radius 3 is 2.55 bits per heavy atom. The Bertz CT molecular complexity index is 602. The molecule has 2 rings (SSSR count). The lowest BCUT2D eigenvalue weighted by atomic mass is 10.1. The molecule has 0 aromatic heterocycles. The lowest BCUT2D eigenvalue weighted by molar-refractivity contribution is 0.373. The summed E-state index contributed by atoms with van der Waals surface area (Å²) in [4.78, 5) is 1.16. The van der Waals surface area contributed by atoms with Crippen molar-refractivity contribution in [3.63, 3.8) is 0 Å². The van der Waals surface area contributed by atoms with Gasteiger partial charge in [-0.3, -0.25) is 0 Å². The lowest BCUT2D eigenvalue weighted by Crippen LogP contribution is -2.06. The Morgan fingerprint density at radius 2 is 1.91 bits per heavy atom. The van der Waals surface area contributed by atoms with Gasteiger partial charge in [0.2, 0.25) is 0 Å². The molecule has 0 heterocycles. The second kappa shape index (κ2) is 7.96. The van der Waals surface area contributed by atoms with Crippen molar-refractivity contribution in [3.05, 3.63) is 48.0 Å². The molecule has 0 saturated heterocycles. The van der Waals surface area contributed by atoms with Crippen molar-refractivity contribution >= 4 is 17.6 Å². The molecule has 0 atom stereocenters. The fraction of sp³-hybridized carbons (Fsp3) is 0.294. The number of benzene rings is 2. The summed E-state index contributed by atoms with van der Waals surface area (Å²) in [5.74, 6) is 0.621. The van der Waals surface area contributed by atoms with Crippen molar-refractivity contribution in [2.75, 3.05) is 25.0 Å². The van der Waals surface area contributed by atoms with Crippen molar-refractivity contribution in [1.29, 1.82) is 0 Å². The van der Waals surface area contributed by atoms with Gasteiger partial charge in [-0.25, -0.2) is 0 Å². The topological polar surface area (TPSA) is 58.7 Å². The molecule has 0 spiro atoms. The van der Waals surface area contributed by atoms with Gasteiger partial charge in [0.05, 0.1) is 12.8 Å². The van der Waals surface area contributed by atoms with Gasteiger partial charge in [0.15, 0.2) is 11.5 Å². The summed E-state index contributed by atoms with van der Waals surface area (Å²) in [7, 11) is 3.53. The number of nitrogens with zero attached hydrogens (tertiary/aromatic N) is 1. The summed E-state index contributed by atoms with van der Waals surface area (Å²) >= 11 is 1.63. The van der Waals surface area contributed by atoms with Crippen LogP contribution in [0.25, 0.3) is 0 Å². The third-order valence-electron chi connectivity index (χ3n) is 3.36. The normalized spacial score (nSPS) is 10.5. The van der Waals surface area contributed by atoms with Gasteiger partial charge >= 0.3 is 0 Å². The number of phenols is 1. The van der Waals surface area contributed by atoms with Crippen LogP contribution in [0.3, 0.4) is 0 Å². The summed E-state index contributed by atoms with van der Waals surface area (Å²) in [5.41, 5.74) is 7.81. The first-order valence-corrected chi connectivity index (χ1v) is 7.99. The minimum absolute atomic E-state index is 0.147. The zero-order valence-electron chi connectivity index (χ0n) is 13.0. The van der Waals surface area contributed by atoms with Gasteiger partial charge in [-0.15, -0.1) is 0 Å². The largest absolute Gasteiger partial charge is 0.504 e. The van der Waals surface area contributed by atoms with E-state index in [-0.39, 0.29) is 5.75 Å². The number of ether oxygens (including phenoxy) is 1. The van der Waals surface area contributed by atoms with Gasteiger partial charge in [-0.1, -0.05) is 12.1 Å². The molecule has 118 valence electrons. The number of nitrogens with two attached hydrogens (primary N) is 1. The van der Waals surface area contributed by atoms with E-state index in [2.05, 4.69) is 24.3 Å². The van der Waals surface area contributed by atoms with Gasteiger partial charge in [0.25, 0.3) is 0 Å². The molecule has 0 fully saturated rings. The molecule has 5 heteroatoms. The Morgan fingerprint density at radius 1 is 1.18 bits per heavy atom. The van der Waals surface area contributed by atoms with Gasteiger partial charge in [-0.2, -0.15) is 0 Å². The monoisotopic (exact) mass is 318 g/mol. The summed E-state index contributed by atoms with van der Waals surface area (Å²) in [6.45, 7) is 0.724. The number of hydrogen-bond acceptors (Lipinski definition) is 5. The highest BCUT2D eigenvalue weighted by Crippen LogP contribution is 2.34. The van der Waals surface area contributed by atoms with E-state index in [9.17, 15) is 5.11 Å². The number of rotatable bonds is 7. The number of aryl methyl sites for hydroxylation is 1. The van der Waals surface area contributed by atoms with E-state index in [0.717, 1.165) is 30.0 Å². The van der Waals surface area contributed by atoms with E-state index in [1.807, 2.05) is 23.5 Å². The summed E-state index contributed by atoms with van der Waals surface area (Å²) < 4.78 is 7.18. The zero-order chi connectivity index (χ0) is 15.9. The Balaban J connectivity index is 2.03. The Labute approximate surface area is 136 Å². The maximum atomic E-state index is 9.65. The van der Waals surface area contributed by atoms with E-state index < -0.39 is 0 Å². The lowest BCUT2D eigenvalue weighted by Gasteiger charge is -2.19. The van der Waals surface area contributed by atoms with E-state index in [1.54, 1.807) is 25.1 Å². The standard InChI is InChI=1S/C17H22N2O2S/c1-19(14-7-10-16(20)17(12-14)21-2)22-15-8-5-13(6-9-15)4-3-11-18/h5-10,12,20H,3-4,11,18H2,1-2H3. The molecule has 2 aromatic rings. The average molecular weight is 318 g/mol. The molecule has 0 bridgehead atoms. The van der Waals surface area contributed by atoms with Crippen molar-refractivity contribution in [2.24, 2.45) is 5.73 Å². The molecular formula is C17H22N2O2S. The summed E-state index contributed by atoms with van der Waals surface area (Å²) in [5, 5.41) is 9.65. The van der Waals surface area contributed by atoms with Gasteiger partial charge in [0.1, 0.15) is 0 Å². The molecule has 0 aliphatic carbocycles. The maximum absolute atomic E-state index is 9.65. The molecule has 0 aliphatic heterocycles. The fourth-order valence-electron chi connectivity index (χ4n) is 2.10. The second-order valence-electron chi connectivity index (χ2n) is 4.98. The predicted octanol–water partition coefficient (Wildman–Crippen LogP) is 3.44. The molecule has 0 amide bonds. The Kier molecular flexibility index (Phi) is 5.98. The van der Waals surface area contributed by atoms with Crippen molar-refractivity contribution < 1.29 is 9.84 Å². The molecule has 3 N–H and O–H groups in total. The first-order chi connectivity index (χ1) is 10.6. The van der Waals surface area contributed by atoms with Crippen LogP contribution in [0.4, 0.5) is 5.69 Å². The van der Waals surface area contributed by atoms with Crippen LogP contribution in [-0.4, -0.2) is 25.8 Å². The van der Waals surface area contributed by atoms with Crippen LogP contribution in [-0.2, 0) is 6.42 Å². The van der Waals surface area contributed by atoms with Crippen LogP contribution in [0.15, 0.2) is 47.4 Å². The van der Waals surface area contributed by atoms with Gasteiger partial charge in [0, 0.05) is 18.0 Å². The summed E-state index contributed by atoms with van der Waals surface area (Å²) in [6.07, 6.45) is 2.03. The minimum Gasteiger partial charge on any atom is -0.504 e. The van der Waals surface area contributed by atoms with Crippen LogP contribution in [0.5, 0.6) is 11.5 Å². The molecule has 0 radical (unpaired) electrons. The van der Waals surface area contributed by atoms with Crippen LogP contribution in [0.1, 0.15) is 12.0 Å². The zero-order valence-corrected chi connectivity index (χ0v) is 13.8. The highest BCUT2D eigenvalue weighted by molar-refractivity contribution is 8.00. The third-order valence-corrected chi connectivity index (χ3v) is 4.33. The molecule has 22 heavy (non-hydrogen) atoms. The maximum Gasteiger partial charge on any atom is 0.162 e. The van der Waals surface area contributed by atoms with E-state index in [4.69, 9.17) is 10.5 Å². The molecule has 0 aliphatic rings. The molecule has 4 nitrogen and oxygen atoms in total. The molecule has 0 saturated carbocycles. The van der Waals surface area contributed by atoms with Crippen molar-refractivity contribution in [2.45, 2.75) is 17.7 Å². The molecule has 2 aromatic carbocycles. The van der Waals surface area contributed by atoms with Gasteiger partial charge < -0.3 is 19.9 Å². The minimum atomic E-state index is 0.147. The number of phenolic OH excluding ortho intramolecular Hbond substituents is 1. The number of hydrogen-bond donors (Lipinski definition) is 2. The predicted molar refractivity (Wildman–Crippen MR) is 92.7 cm³/mol. The van der Waals surface area contributed by atoms with Crippen molar-refractivity contribution in [1.82, 2.24) is 0 Å². The Hall–Kier alpha value is -1.85. The molecular weight excluding hydrogens is 296 g/mol. The highest BCUT2D eigenvalue weighted by atomic mass is 32.2. The number of methoxy groups -OCH3 is 1. The quantitative estimate of drug-likeness (QED) is 0.766. The van der Waals surface area contributed by atoms with Crippen LogP contribution >= 0.6 is 11.9 Å². The third kappa shape index (κ3) is 4.32. The van der Waals surface area contributed by atoms with Crippen molar-refractivity contribution in [3.8, 4) is 11.5 Å². The van der Waals surface area contributed by atoms with Crippen LogP contribution in [0, 0.1) is 0 Å².